The molecule has 0 saturated carbocycles. The summed E-state index contributed by atoms with van der Waals surface area (Å²) in [6.45, 7) is 1.80. The van der Waals surface area contributed by atoms with E-state index in [1.807, 2.05) is 0 Å². The molecule has 1 saturated heterocycles. The molecule has 1 aliphatic rings. The van der Waals surface area contributed by atoms with Gasteiger partial charge in [-0.15, -0.1) is 5.10 Å². The zero-order valence-electron chi connectivity index (χ0n) is 10.5. The van der Waals surface area contributed by atoms with Crippen molar-refractivity contribution in [3.05, 3.63) is 23.8 Å². The van der Waals surface area contributed by atoms with E-state index < -0.39 is 0 Å². The van der Waals surface area contributed by atoms with E-state index >= 15 is 0 Å². The number of phenols is 1. The number of nitrogens with zero attached hydrogens (tertiary/aromatic N) is 2. The van der Waals surface area contributed by atoms with Crippen LogP contribution < -0.4 is 10.1 Å². The van der Waals surface area contributed by atoms with E-state index in [1.165, 1.54) is 31.2 Å². The van der Waals surface area contributed by atoms with Crippen LogP contribution in [0.15, 0.2) is 28.4 Å². The van der Waals surface area contributed by atoms with Crippen molar-refractivity contribution in [3.8, 4) is 11.5 Å². The van der Waals surface area contributed by atoms with Gasteiger partial charge in [0.05, 0.1) is 18.6 Å². The van der Waals surface area contributed by atoms with Crippen LogP contribution in [-0.2, 0) is 4.79 Å². The zero-order valence-corrected chi connectivity index (χ0v) is 11.3. The first-order valence-electron chi connectivity index (χ1n) is 5.55. The predicted octanol–water partition coefficient (Wildman–Crippen LogP) is 1.34. The van der Waals surface area contributed by atoms with Crippen LogP contribution in [0, 0.1) is 0 Å². The van der Waals surface area contributed by atoms with E-state index in [1.54, 1.807) is 19.1 Å². The molecule has 0 aromatic heterocycles. The van der Waals surface area contributed by atoms with Gasteiger partial charge in [0.2, 0.25) is 5.91 Å². The maximum atomic E-state index is 11.2. The summed E-state index contributed by atoms with van der Waals surface area (Å²) in [5.41, 5.74) is 0.737. The van der Waals surface area contributed by atoms with Crippen molar-refractivity contribution in [2.75, 3.05) is 7.11 Å². The molecule has 2 N–H and O–H groups in total. The number of hydrogen-bond donors (Lipinski definition) is 2. The van der Waals surface area contributed by atoms with Gasteiger partial charge < -0.3 is 15.2 Å². The lowest BCUT2D eigenvalue weighted by molar-refractivity contribution is -0.118. The number of ether oxygens (including phenoxy) is 1. The Kier molecular flexibility index (Phi) is 4.06. The maximum absolute atomic E-state index is 11.2. The molecule has 1 heterocycles. The summed E-state index contributed by atoms with van der Waals surface area (Å²) in [4.78, 5) is 11.2. The third-order valence-corrected chi connectivity index (χ3v) is 3.42. The molecule has 1 fully saturated rings. The molecule has 2 rings (SSSR count). The molecule has 19 heavy (non-hydrogen) atoms. The number of hydrogen-bond acceptors (Lipinski definition) is 6. The zero-order chi connectivity index (χ0) is 13.8. The van der Waals surface area contributed by atoms with Crippen LogP contribution in [0.4, 0.5) is 0 Å². The molecule has 1 aromatic rings. The Morgan fingerprint density at radius 1 is 1.53 bits per heavy atom. The minimum atomic E-state index is -0.136. The molecule has 100 valence electrons. The van der Waals surface area contributed by atoms with Gasteiger partial charge in [0, 0.05) is 0 Å². The molecule has 1 aromatic carbocycles. The summed E-state index contributed by atoms with van der Waals surface area (Å²) in [5.74, 6) is 0.373. The first-order chi connectivity index (χ1) is 9.10. The second-order valence-electron chi connectivity index (χ2n) is 3.83. The highest BCUT2D eigenvalue weighted by molar-refractivity contribution is 8.15. The van der Waals surface area contributed by atoms with E-state index in [0.717, 1.165) is 5.56 Å². The topological polar surface area (TPSA) is 83.3 Å². The lowest BCUT2D eigenvalue weighted by Gasteiger charge is -2.02. The number of benzene rings is 1. The Hall–Kier alpha value is -2.02. The van der Waals surface area contributed by atoms with Gasteiger partial charge in [-0.2, -0.15) is 5.10 Å². The Morgan fingerprint density at radius 3 is 2.95 bits per heavy atom. The molecular weight excluding hydrogens is 266 g/mol. The number of methoxy groups -OCH3 is 1. The second-order valence-corrected chi connectivity index (χ2v) is 5.16. The molecule has 1 aliphatic heterocycles. The minimum Gasteiger partial charge on any atom is -0.504 e. The van der Waals surface area contributed by atoms with Gasteiger partial charge in [-0.3, -0.25) is 4.79 Å². The van der Waals surface area contributed by atoms with Crippen LogP contribution >= 0.6 is 11.8 Å². The Bertz CT molecular complexity index is 557. The fourth-order valence-corrected chi connectivity index (χ4v) is 2.18. The molecule has 7 heteroatoms. The van der Waals surface area contributed by atoms with Gasteiger partial charge in [-0.25, -0.2) is 0 Å². The van der Waals surface area contributed by atoms with Gasteiger partial charge in [-0.1, -0.05) is 11.8 Å². The Balaban J connectivity index is 2.07. The summed E-state index contributed by atoms with van der Waals surface area (Å²) < 4.78 is 4.98. The molecular formula is C12H13N3O3S. The normalized spacial score (nSPS) is 21.1. The Morgan fingerprint density at radius 2 is 2.32 bits per heavy atom. The van der Waals surface area contributed by atoms with Crippen molar-refractivity contribution in [1.82, 2.24) is 5.32 Å². The minimum absolute atomic E-state index is 0.0646. The highest BCUT2D eigenvalue weighted by Gasteiger charge is 2.25. The molecule has 0 aliphatic carbocycles. The van der Waals surface area contributed by atoms with Gasteiger partial charge in [-0.05, 0) is 30.7 Å². The molecule has 6 nitrogen and oxygen atoms in total. The summed E-state index contributed by atoms with van der Waals surface area (Å²) in [6, 6.07) is 4.84. The number of nitrogens with one attached hydrogen (secondary N) is 1. The van der Waals surface area contributed by atoms with Crippen molar-refractivity contribution < 1.29 is 14.6 Å². The van der Waals surface area contributed by atoms with E-state index in [9.17, 15) is 9.90 Å². The molecule has 1 atom stereocenters. The monoisotopic (exact) mass is 279 g/mol. The molecule has 0 radical (unpaired) electrons. The van der Waals surface area contributed by atoms with Crippen LogP contribution in [0.5, 0.6) is 11.5 Å². The smallest absolute Gasteiger partial charge is 0.239 e. The number of amidine groups is 1. The fourth-order valence-electron chi connectivity index (χ4n) is 1.43. The van der Waals surface area contributed by atoms with Crippen LogP contribution in [0.2, 0.25) is 0 Å². The number of amides is 1. The van der Waals surface area contributed by atoms with Crippen LogP contribution in [0.25, 0.3) is 0 Å². The quantitative estimate of drug-likeness (QED) is 0.646. The summed E-state index contributed by atoms with van der Waals surface area (Å²) >= 11 is 1.33. The number of carbonyl (C=O) groups is 1. The van der Waals surface area contributed by atoms with E-state index in [0.29, 0.717) is 10.9 Å². The van der Waals surface area contributed by atoms with Gasteiger partial charge in [0.25, 0.3) is 0 Å². The van der Waals surface area contributed by atoms with Gasteiger partial charge >= 0.3 is 0 Å². The predicted molar refractivity (Wildman–Crippen MR) is 74.9 cm³/mol. The summed E-state index contributed by atoms with van der Waals surface area (Å²) in [5, 5.41) is 20.2. The highest BCUT2D eigenvalue weighted by Crippen LogP contribution is 2.25. The van der Waals surface area contributed by atoms with Crippen molar-refractivity contribution in [2.45, 2.75) is 12.2 Å². The van der Waals surface area contributed by atoms with Crippen molar-refractivity contribution >= 4 is 29.1 Å². The van der Waals surface area contributed by atoms with Crippen molar-refractivity contribution in [2.24, 2.45) is 10.2 Å². The lowest BCUT2D eigenvalue weighted by atomic mass is 10.2. The lowest BCUT2D eigenvalue weighted by Crippen LogP contribution is -2.23. The van der Waals surface area contributed by atoms with Crippen LogP contribution in [0.3, 0.4) is 0 Å². The number of rotatable bonds is 3. The average molecular weight is 279 g/mol. The third-order valence-electron chi connectivity index (χ3n) is 2.45. The highest BCUT2D eigenvalue weighted by atomic mass is 32.2. The largest absolute Gasteiger partial charge is 0.504 e. The Labute approximate surface area is 114 Å². The number of phenolic OH excluding ortho intramolecular Hbond substituents is 1. The standard InChI is InChI=1S/C12H13N3O3S/c1-7-11(17)14-12(19-7)15-13-6-8-3-4-9(16)10(5-8)18-2/h3-7,16H,1-2H3,(H,14,15,17)/b13-6-/t7-/m0/s1. The molecule has 0 bridgehead atoms. The number of carbonyl (C=O) groups excluding carboxylic acids is 1. The molecule has 0 unspecified atom stereocenters. The number of aromatic hydroxyl groups is 1. The first kappa shape index (κ1) is 13.4. The van der Waals surface area contributed by atoms with Crippen LogP contribution in [0.1, 0.15) is 12.5 Å². The van der Waals surface area contributed by atoms with E-state index in [-0.39, 0.29) is 16.9 Å². The van der Waals surface area contributed by atoms with E-state index in [2.05, 4.69) is 15.5 Å². The van der Waals surface area contributed by atoms with Crippen molar-refractivity contribution in [1.29, 1.82) is 0 Å². The third kappa shape index (κ3) is 3.25. The summed E-state index contributed by atoms with van der Waals surface area (Å²) in [7, 11) is 1.47. The first-order valence-corrected chi connectivity index (χ1v) is 6.43. The second kappa shape index (κ2) is 5.75. The SMILES string of the molecule is COc1cc(/C=N\N=C2\NC(=O)[C@H](C)S2)ccc1O. The van der Waals surface area contributed by atoms with Crippen molar-refractivity contribution in [3.63, 3.8) is 0 Å². The maximum Gasteiger partial charge on any atom is 0.239 e. The number of thioether (sulfide) groups is 1. The summed E-state index contributed by atoms with van der Waals surface area (Å²) in [6.07, 6.45) is 1.52. The average Bonchev–Trinajstić information content (AvgIpc) is 2.71. The fraction of sp³-hybridized carbons (Fsp3) is 0.250. The molecule has 1 amide bonds. The molecule has 0 spiro atoms. The van der Waals surface area contributed by atoms with Gasteiger partial charge in [0.1, 0.15) is 0 Å². The van der Waals surface area contributed by atoms with Crippen LogP contribution in [-0.4, -0.2) is 34.8 Å². The van der Waals surface area contributed by atoms with E-state index in [4.69, 9.17) is 4.74 Å². The van der Waals surface area contributed by atoms with Gasteiger partial charge in [0.15, 0.2) is 16.7 Å².